The first-order valence-corrected chi connectivity index (χ1v) is 9.90. The smallest absolute Gasteiger partial charge is 0.255 e. The number of carbonyl (C=O) groups excluding carboxylic acids is 1. The highest BCUT2D eigenvalue weighted by atomic mass is 35.5. The van der Waals surface area contributed by atoms with Gasteiger partial charge in [0.05, 0.1) is 28.7 Å². The number of hydrogen-bond donors (Lipinski definition) is 0. The number of carbonyl (C=O) groups is 1. The molecule has 1 aromatic carbocycles. The third-order valence-electron chi connectivity index (χ3n) is 3.91. The molecule has 25 heavy (non-hydrogen) atoms. The lowest BCUT2D eigenvalue weighted by atomic mass is 10.2. The second kappa shape index (κ2) is 8.31. The maximum Gasteiger partial charge on any atom is 0.255 e. The lowest BCUT2D eigenvalue weighted by molar-refractivity contribution is 0.0730. The number of benzene rings is 1. The molecular formula is C17H23ClN2O4S. The fourth-order valence-electron chi connectivity index (χ4n) is 2.59. The molecule has 1 heterocycles. The number of nitrogens with zero attached hydrogens (tertiary/aromatic N) is 2. The van der Waals surface area contributed by atoms with Crippen LogP contribution in [0.25, 0.3) is 0 Å². The van der Waals surface area contributed by atoms with Gasteiger partial charge in [-0.15, -0.1) is 0 Å². The zero-order valence-electron chi connectivity index (χ0n) is 14.5. The van der Waals surface area contributed by atoms with Crippen molar-refractivity contribution < 1.29 is 17.9 Å². The van der Waals surface area contributed by atoms with E-state index in [9.17, 15) is 13.2 Å². The molecular weight excluding hydrogens is 364 g/mol. The van der Waals surface area contributed by atoms with Gasteiger partial charge in [-0.3, -0.25) is 4.79 Å². The highest BCUT2D eigenvalue weighted by Crippen LogP contribution is 2.25. The molecule has 8 heteroatoms. The number of sulfonamides is 1. The van der Waals surface area contributed by atoms with Gasteiger partial charge in [-0.25, -0.2) is 8.42 Å². The largest absolute Gasteiger partial charge is 0.379 e. The number of rotatable bonds is 6. The Morgan fingerprint density at radius 2 is 2.00 bits per heavy atom. The van der Waals surface area contributed by atoms with Gasteiger partial charge in [-0.2, -0.15) is 4.31 Å². The predicted molar refractivity (Wildman–Crippen MR) is 97.4 cm³/mol. The van der Waals surface area contributed by atoms with E-state index in [-0.39, 0.29) is 21.4 Å². The van der Waals surface area contributed by atoms with Crippen molar-refractivity contribution in [2.75, 3.05) is 39.4 Å². The average Bonchev–Trinajstić information content (AvgIpc) is 2.60. The second-order valence-corrected chi connectivity index (χ2v) is 8.28. The van der Waals surface area contributed by atoms with E-state index in [0.717, 1.165) is 5.57 Å². The topological polar surface area (TPSA) is 66.9 Å². The minimum absolute atomic E-state index is 0.0635. The molecule has 2 rings (SSSR count). The fraction of sp³-hybridized carbons (Fsp3) is 0.471. The van der Waals surface area contributed by atoms with Gasteiger partial charge in [0.15, 0.2) is 0 Å². The Hall–Kier alpha value is -1.41. The molecule has 0 bridgehead atoms. The Kier molecular flexibility index (Phi) is 6.62. The zero-order chi connectivity index (χ0) is 18.6. The summed E-state index contributed by atoms with van der Waals surface area (Å²) in [4.78, 5) is 14.4. The van der Waals surface area contributed by atoms with Gasteiger partial charge in [-0.1, -0.05) is 23.8 Å². The number of morpholine rings is 1. The minimum Gasteiger partial charge on any atom is -0.379 e. The van der Waals surface area contributed by atoms with Crippen LogP contribution in [0.4, 0.5) is 0 Å². The molecule has 6 nitrogen and oxygen atoms in total. The van der Waals surface area contributed by atoms with Crippen molar-refractivity contribution in [3.63, 3.8) is 0 Å². The van der Waals surface area contributed by atoms with E-state index in [1.807, 2.05) is 13.8 Å². The molecule has 138 valence electrons. The van der Waals surface area contributed by atoms with Crippen LogP contribution in [0.1, 0.15) is 24.2 Å². The molecule has 0 radical (unpaired) electrons. The van der Waals surface area contributed by atoms with Gasteiger partial charge in [0.25, 0.3) is 5.91 Å². The second-order valence-electron chi connectivity index (χ2n) is 5.93. The molecule has 0 spiro atoms. The zero-order valence-corrected chi connectivity index (χ0v) is 16.1. The molecule has 1 aliphatic heterocycles. The molecule has 0 N–H and O–H groups in total. The highest BCUT2D eigenvalue weighted by molar-refractivity contribution is 7.89. The van der Waals surface area contributed by atoms with Crippen molar-refractivity contribution in [1.82, 2.24) is 9.21 Å². The molecule has 0 unspecified atom stereocenters. The lowest BCUT2D eigenvalue weighted by Crippen LogP contribution is -2.40. The van der Waals surface area contributed by atoms with Crippen molar-refractivity contribution in [2.45, 2.75) is 18.7 Å². The molecule has 0 aliphatic carbocycles. The monoisotopic (exact) mass is 386 g/mol. The number of ether oxygens (including phenoxy) is 1. The predicted octanol–water partition coefficient (Wildman–Crippen LogP) is 2.40. The summed E-state index contributed by atoms with van der Waals surface area (Å²) in [5, 5.41) is 0.228. The maximum absolute atomic E-state index is 12.8. The number of likely N-dealkylation sites (N-methyl/N-ethyl adjacent to an activating group) is 1. The van der Waals surface area contributed by atoms with Crippen LogP contribution in [-0.2, 0) is 14.8 Å². The summed E-state index contributed by atoms with van der Waals surface area (Å²) in [6, 6.07) is 4.24. The summed E-state index contributed by atoms with van der Waals surface area (Å²) < 4.78 is 32.1. The first-order valence-electron chi connectivity index (χ1n) is 8.08. The van der Waals surface area contributed by atoms with Crippen molar-refractivity contribution in [1.29, 1.82) is 0 Å². The summed E-state index contributed by atoms with van der Waals surface area (Å²) >= 11 is 6.17. The normalized spacial score (nSPS) is 15.8. The van der Waals surface area contributed by atoms with Gasteiger partial charge in [0, 0.05) is 26.2 Å². The van der Waals surface area contributed by atoms with Crippen molar-refractivity contribution in [3.05, 3.63) is 40.9 Å². The highest BCUT2D eigenvalue weighted by Gasteiger charge is 2.28. The minimum atomic E-state index is -3.68. The van der Waals surface area contributed by atoms with Crippen LogP contribution in [-0.4, -0.2) is 62.9 Å². The SMILES string of the molecule is C=C(C)CN(CC)C(=O)c1cc(S(=O)(=O)N2CCOCC2)ccc1Cl. The number of halogens is 1. The van der Waals surface area contributed by atoms with E-state index in [2.05, 4.69) is 6.58 Å². The van der Waals surface area contributed by atoms with E-state index in [0.29, 0.717) is 39.4 Å². The maximum atomic E-state index is 12.8. The molecule has 1 amide bonds. The van der Waals surface area contributed by atoms with E-state index < -0.39 is 10.0 Å². The summed E-state index contributed by atoms with van der Waals surface area (Å²) in [7, 11) is -3.68. The summed E-state index contributed by atoms with van der Waals surface area (Å²) in [6.45, 7) is 9.69. The molecule has 0 aromatic heterocycles. The quantitative estimate of drug-likeness (QED) is 0.704. The standard InChI is InChI=1S/C17H23ClN2O4S/c1-4-19(12-13(2)3)17(21)15-11-14(5-6-16(15)18)25(22,23)20-7-9-24-10-8-20/h5-6,11H,2,4,7-10,12H2,1,3H3. The molecule has 1 saturated heterocycles. The van der Waals surface area contributed by atoms with Crippen LogP contribution < -0.4 is 0 Å². The first-order chi connectivity index (χ1) is 11.8. The summed E-state index contributed by atoms with van der Waals surface area (Å²) in [6.07, 6.45) is 0. The van der Waals surface area contributed by atoms with E-state index >= 15 is 0 Å². The van der Waals surface area contributed by atoms with Crippen LogP contribution in [0.15, 0.2) is 35.2 Å². The molecule has 1 aromatic rings. The molecule has 0 atom stereocenters. The Balaban J connectivity index is 2.36. The molecule has 0 saturated carbocycles. The third-order valence-corrected chi connectivity index (χ3v) is 6.13. The van der Waals surface area contributed by atoms with E-state index in [1.165, 1.54) is 22.5 Å². The lowest BCUT2D eigenvalue weighted by Gasteiger charge is -2.26. The Bertz CT molecular complexity index is 758. The van der Waals surface area contributed by atoms with Crippen molar-refractivity contribution >= 4 is 27.5 Å². The van der Waals surface area contributed by atoms with Crippen LogP contribution in [0, 0.1) is 0 Å². The summed E-state index contributed by atoms with van der Waals surface area (Å²) in [5.41, 5.74) is 1.02. The van der Waals surface area contributed by atoms with Crippen LogP contribution >= 0.6 is 11.6 Å². The van der Waals surface area contributed by atoms with Gasteiger partial charge in [-0.05, 0) is 32.0 Å². The van der Waals surface area contributed by atoms with Crippen molar-refractivity contribution in [3.8, 4) is 0 Å². The fourth-order valence-corrected chi connectivity index (χ4v) is 4.22. The average molecular weight is 387 g/mol. The Morgan fingerprint density at radius 1 is 1.36 bits per heavy atom. The first kappa shape index (κ1) is 19.9. The van der Waals surface area contributed by atoms with Crippen LogP contribution in [0.3, 0.4) is 0 Å². The van der Waals surface area contributed by atoms with Gasteiger partial charge >= 0.3 is 0 Å². The Morgan fingerprint density at radius 3 is 2.56 bits per heavy atom. The number of amides is 1. The van der Waals surface area contributed by atoms with Gasteiger partial charge in [0.1, 0.15) is 0 Å². The van der Waals surface area contributed by atoms with Crippen LogP contribution in [0.2, 0.25) is 5.02 Å². The number of hydrogen-bond acceptors (Lipinski definition) is 4. The van der Waals surface area contributed by atoms with E-state index in [1.54, 1.807) is 4.90 Å². The van der Waals surface area contributed by atoms with E-state index in [4.69, 9.17) is 16.3 Å². The Labute approximate surface area is 154 Å². The van der Waals surface area contributed by atoms with Gasteiger partial charge < -0.3 is 9.64 Å². The summed E-state index contributed by atoms with van der Waals surface area (Å²) in [5.74, 6) is -0.311. The van der Waals surface area contributed by atoms with Crippen molar-refractivity contribution in [2.24, 2.45) is 0 Å². The molecule has 1 fully saturated rings. The van der Waals surface area contributed by atoms with Crippen LogP contribution in [0.5, 0.6) is 0 Å². The van der Waals surface area contributed by atoms with Gasteiger partial charge in [0.2, 0.25) is 10.0 Å². The third kappa shape index (κ3) is 4.61. The molecule has 1 aliphatic rings.